The Labute approximate surface area is 84.5 Å². The summed E-state index contributed by atoms with van der Waals surface area (Å²) in [4.78, 5) is 1.10. The molecule has 4 heteroatoms. The monoisotopic (exact) mass is 249 g/mol. The predicted octanol–water partition coefficient (Wildman–Crippen LogP) is 2.07. The molecule has 0 bridgehead atoms. The number of thiophene rings is 1. The maximum atomic E-state index is 8.78. The van der Waals surface area contributed by atoms with E-state index in [1.54, 1.807) is 11.3 Å². The molecule has 0 saturated heterocycles. The zero-order valence-electron chi connectivity index (χ0n) is 6.88. The summed E-state index contributed by atoms with van der Waals surface area (Å²) in [7, 11) is 0. The summed E-state index contributed by atoms with van der Waals surface area (Å²) in [6.45, 7) is 2.06. The molecule has 68 valence electrons. The third-order valence-electron chi connectivity index (χ3n) is 1.77. The first-order chi connectivity index (χ1) is 5.56. The van der Waals surface area contributed by atoms with Crippen LogP contribution in [0.2, 0.25) is 0 Å². The van der Waals surface area contributed by atoms with E-state index in [4.69, 9.17) is 10.8 Å². The molecular weight excluding hydrogens is 238 g/mol. The van der Waals surface area contributed by atoms with Crippen LogP contribution in [0.1, 0.15) is 18.2 Å². The maximum Gasteiger partial charge on any atom is 0.0702 e. The van der Waals surface area contributed by atoms with Crippen LogP contribution in [0.4, 0.5) is 0 Å². The highest BCUT2D eigenvalue weighted by molar-refractivity contribution is 9.11. The zero-order valence-corrected chi connectivity index (χ0v) is 9.28. The van der Waals surface area contributed by atoms with Gasteiger partial charge in [-0.2, -0.15) is 0 Å². The number of hydrogen-bond acceptors (Lipinski definition) is 3. The van der Waals surface area contributed by atoms with Crippen LogP contribution < -0.4 is 5.73 Å². The third-order valence-corrected chi connectivity index (χ3v) is 3.67. The smallest absolute Gasteiger partial charge is 0.0702 e. The van der Waals surface area contributed by atoms with E-state index in [1.807, 2.05) is 19.1 Å². The second kappa shape index (κ2) is 3.87. The fourth-order valence-electron chi connectivity index (χ4n) is 0.977. The molecule has 0 radical (unpaired) electrons. The lowest BCUT2D eigenvalue weighted by molar-refractivity contribution is 0.249. The molecule has 0 saturated carbocycles. The minimum Gasteiger partial charge on any atom is -0.396 e. The van der Waals surface area contributed by atoms with E-state index in [-0.39, 0.29) is 6.61 Å². The van der Waals surface area contributed by atoms with Gasteiger partial charge in [0.2, 0.25) is 0 Å². The maximum absolute atomic E-state index is 8.78. The Morgan fingerprint density at radius 2 is 2.33 bits per heavy atom. The average molecular weight is 250 g/mol. The van der Waals surface area contributed by atoms with Gasteiger partial charge in [0.05, 0.1) is 3.79 Å². The zero-order chi connectivity index (χ0) is 9.19. The van der Waals surface area contributed by atoms with Gasteiger partial charge in [-0.1, -0.05) is 0 Å². The van der Waals surface area contributed by atoms with E-state index >= 15 is 0 Å². The first-order valence-electron chi connectivity index (χ1n) is 3.72. The van der Waals surface area contributed by atoms with E-state index < -0.39 is 5.54 Å². The first-order valence-corrected chi connectivity index (χ1v) is 5.33. The molecule has 0 aliphatic carbocycles. The number of rotatable bonds is 3. The Hall–Kier alpha value is 0.1000. The van der Waals surface area contributed by atoms with Crippen LogP contribution >= 0.6 is 27.3 Å². The van der Waals surface area contributed by atoms with E-state index in [0.717, 1.165) is 8.66 Å². The van der Waals surface area contributed by atoms with E-state index in [1.165, 1.54) is 0 Å². The van der Waals surface area contributed by atoms with Crippen molar-refractivity contribution in [2.24, 2.45) is 5.73 Å². The second-order valence-electron chi connectivity index (χ2n) is 2.99. The highest BCUT2D eigenvalue weighted by Gasteiger charge is 2.21. The van der Waals surface area contributed by atoms with Crippen molar-refractivity contribution in [3.05, 3.63) is 20.8 Å². The minimum absolute atomic E-state index is 0.127. The predicted molar refractivity (Wildman–Crippen MR) is 55.3 cm³/mol. The fourth-order valence-corrected chi connectivity index (χ4v) is 2.45. The van der Waals surface area contributed by atoms with Crippen LogP contribution in [0, 0.1) is 0 Å². The molecule has 0 spiro atoms. The van der Waals surface area contributed by atoms with E-state index in [9.17, 15) is 0 Å². The Balaban J connectivity index is 2.81. The van der Waals surface area contributed by atoms with Crippen molar-refractivity contribution in [3.63, 3.8) is 0 Å². The molecule has 1 aromatic heterocycles. The molecule has 1 atom stereocenters. The van der Waals surface area contributed by atoms with Crippen molar-refractivity contribution in [3.8, 4) is 0 Å². The first kappa shape index (κ1) is 10.2. The number of nitrogens with two attached hydrogens (primary N) is 1. The van der Waals surface area contributed by atoms with Crippen LogP contribution in [0.3, 0.4) is 0 Å². The molecule has 12 heavy (non-hydrogen) atoms. The molecule has 0 aliphatic rings. The standard InChI is InChI=1S/C8H12BrNOS/c1-8(10,4-5-11)6-2-3-7(9)12-6/h2-3,11H,4-5,10H2,1H3/t8-/m1/s1. The topological polar surface area (TPSA) is 46.2 Å². The van der Waals surface area contributed by atoms with E-state index in [0.29, 0.717) is 6.42 Å². The van der Waals surface area contributed by atoms with Gasteiger partial charge in [0, 0.05) is 17.0 Å². The number of aliphatic hydroxyl groups is 1. The molecule has 1 aromatic rings. The largest absolute Gasteiger partial charge is 0.396 e. The van der Waals surface area contributed by atoms with Crippen LogP contribution in [-0.4, -0.2) is 11.7 Å². The summed E-state index contributed by atoms with van der Waals surface area (Å²) in [6, 6.07) is 3.97. The van der Waals surface area contributed by atoms with Gasteiger partial charge in [0.25, 0.3) is 0 Å². The molecule has 1 rings (SSSR count). The van der Waals surface area contributed by atoms with Gasteiger partial charge in [-0.3, -0.25) is 0 Å². The SMILES string of the molecule is C[C@@](N)(CCO)c1ccc(Br)s1. The molecule has 0 aliphatic heterocycles. The summed E-state index contributed by atoms with van der Waals surface area (Å²) < 4.78 is 1.08. The lowest BCUT2D eigenvalue weighted by Crippen LogP contribution is -2.32. The highest BCUT2D eigenvalue weighted by atomic mass is 79.9. The highest BCUT2D eigenvalue weighted by Crippen LogP contribution is 2.31. The van der Waals surface area contributed by atoms with Crippen LogP contribution in [0.5, 0.6) is 0 Å². The molecule has 2 nitrogen and oxygen atoms in total. The average Bonchev–Trinajstić information content (AvgIpc) is 2.36. The number of aliphatic hydroxyl groups excluding tert-OH is 1. The van der Waals surface area contributed by atoms with Crippen molar-refractivity contribution in [1.29, 1.82) is 0 Å². The summed E-state index contributed by atoms with van der Waals surface area (Å²) >= 11 is 4.99. The van der Waals surface area contributed by atoms with Gasteiger partial charge in [-0.05, 0) is 41.4 Å². The molecule has 0 fully saturated rings. The fraction of sp³-hybridized carbons (Fsp3) is 0.500. The van der Waals surface area contributed by atoms with Crippen molar-refractivity contribution in [1.82, 2.24) is 0 Å². The normalized spacial score (nSPS) is 16.0. The van der Waals surface area contributed by atoms with Crippen molar-refractivity contribution < 1.29 is 5.11 Å². The Morgan fingerprint density at radius 3 is 2.75 bits per heavy atom. The molecule has 0 amide bonds. The van der Waals surface area contributed by atoms with Crippen LogP contribution in [0.15, 0.2) is 15.9 Å². The van der Waals surface area contributed by atoms with Gasteiger partial charge in [-0.25, -0.2) is 0 Å². The Bertz CT molecular complexity index is 259. The second-order valence-corrected chi connectivity index (χ2v) is 5.46. The van der Waals surface area contributed by atoms with Gasteiger partial charge < -0.3 is 10.8 Å². The summed E-state index contributed by atoms with van der Waals surface area (Å²) in [5.41, 5.74) is 5.59. The van der Waals surface area contributed by atoms with Crippen molar-refractivity contribution in [2.45, 2.75) is 18.9 Å². The molecule has 3 N–H and O–H groups in total. The quantitative estimate of drug-likeness (QED) is 0.862. The molecular formula is C8H12BrNOS. The summed E-state index contributed by atoms with van der Waals surface area (Å²) in [6.07, 6.45) is 0.597. The van der Waals surface area contributed by atoms with Gasteiger partial charge in [0.1, 0.15) is 0 Å². The number of hydrogen-bond donors (Lipinski definition) is 2. The molecule has 0 aromatic carbocycles. The Morgan fingerprint density at radius 1 is 1.67 bits per heavy atom. The third kappa shape index (κ3) is 2.29. The van der Waals surface area contributed by atoms with Gasteiger partial charge in [0.15, 0.2) is 0 Å². The van der Waals surface area contributed by atoms with Crippen LogP contribution in [0.25, 0.3) is 0 Å². The lowest BCUT2D eigenvalue weighted by atomic mass is 9.98. The summed E-state index contributed by atoms with van der Waals surface area (Å²) in [5.74, 6) is 0. The molecule has 1 heterocycles. The Kier molecular flexibility index (Phi) is 3.29. The van der Waals surface area contributed by atoms with Gasteiger partial charge >= 0.3 is 0 Å². The van der Waals surface area contributed by atoms with Crippen LogP contribution in [-0.2, 0) is 5.54 Å². The molecule has 0 unspecified atom stereocenters. The van der Waals surface area contributed by atoms with Crippen molar-refractivity contribution in [2.75, 3.05) is 6.61 Å². The minimum atomic E-state index is -0.397. The van der Waals surface area contributed by atoms with Gasteiger partial charge in [-0.15, -0.1) is 11.3 Å². The van der Waals surface area contributed by atoms with Crippen molar-refractivity contribution >= 4 is 27.3 Å². The van der Waals surface area contributed by atoms with E-state index in [2.05, 4.69) is 15.9 Å². The summed E-state index contributed by atoms with van der Waals surface area (Å²) in [5, 5.41) is 8.78. The lowest BCUT2D eigenvalue weighted by Gasteiger charge is -2.21. The number of halogens is 1.